The maximum Gasteiger partial charge on any atom is 0.471 e. The summed E-state index contributed by atoms with van der Waals surface area (Å²) in [5.41, 5.74) is 1.42. The van der Waals surface area contributed by atoms with Crippen LogP contribution in [0, 0.1) is 0 Å². The normalized spacial score (nSPS) is 11.4. The number of benzene rings is 2. The number of methoxy groups -OCH3 is 2. The number of para-hydroxylation sites is 1. The number of rotatable bonds is 7. The van der Waals surface area contributed by atoms with Gasteiger partial charge < -0.3 is 14.8 Å². The second-order valence-corrected chi connectivity index (χ2v) is 5.51. The molecule has 0 unspecified atom stereocenters. The van der Waals surface area contributed by atoms with E-state index in [0.29, 0.717) is 30.0 Å². The summed E-state index contributed by atoms with van der Waals surface area (Å²) in [4.78, 5) is 15.3. The van der Waals surface area contributed by atoms with E-state index in [4.69, 9.17) is 9.47 Å². The fourth-order valence-electron chi connectivity index (χ4n) is 2.31. The quantitative estimate of drug-likeness (QED) is 0.742. The van der Waals surface area contributed by atoms with E-state index in [9.17, 15) is 18.0 Å². The van der Waals surface area contributed by atoms with Crippen LogP contribution in [0.5, 0.6) is 11.5 Å². The molecule has 0 atom stereocenters. The Kier molecular flexibility index (Phi) is 6.81. The number of nitrogens with zero attached hydrogens (tertiary/aromatic N) is 1. The van der Waals surface area contributed by atoms with Crippen molar-refractivity contribution in [1.82, 2.24) is 0 Å². The molecule has 8 heteroatoms. The van der Waals surface area contributed by atoms with Gasteiger partial charge in [0, 0.05) is 24.0 Å². The van der Waals surface area contributed by atoms with Gasteiger partial charge in [0.25, 0.3) is 0 Å². The second-order valence-electron chi connectivity index (χ2n) is 5.51. The van der Waals surface area contributed by atoms with Crippen molar-refractivity contribution in [2.24, 2.45) is 4.99 Å². The predicted molar refractivity (Wildman–Crippen MR) is 96.8 cm³/mol. The topological polar surface area (TPSA) is 59.9 Å². The van der Waals surface area contributed by atoms with Gasteiger partial charge in [-0.1, -0.05) is 24.3 Å². The van der Waals surface area contributed by atoms with Crippen LogP contribution in [0.1, 0.15) is 11.1 Å². The molecule has 2 rings (SSSR count). The van der Waals surface area contributed by atoms with Crippen molar-refractivity contribution in [2.75, 3.05) is 26.1 Å². The number of carbonyl (C=O) groups excluding carboxylic acids is 1. The van der Waals surface area contributed by atoms with E-state index in [1.54, 1.807) is 32.4 Å². The highest BCUT2D eigenvalue weighted by Crippen LogP contribution is 2.27. The Hall–Kier alpha value is -3.03. The van der Waals surface area contributed by atoms with Gasteiger partial charge in [0.2, 0.25) is 0 Å². The van der Waals surface area contributed by atoms with Crippen LogP contribution < -0.4 is 14.8 Å². The van der Waals surface area contributed by atoms with Crippen LogP contribution >= 0.6 is 0 Å². The Labute approximate surface area is 154 Å². The lowest BCUT2D eigenvalue weighted by Crippen LogP contribution is -2.30. The minimum absolute atomic E-state index is 0.0506. The number of aliphatic imine (C=N–C) groups is 1. The molecule has 144 valence electrons. The number of carbonyl (C=O) groups is 1. The molecule has 2 aromatic rings. The van der Waals surface area contributed by atoms with Crippen LogP contribution in [0.25, 0.3) is 0 Å². The first-order valence-electron chi connectivity index (χ1n) is 8.03. The van der Waals surface area contributed by atoms with Gasteiger partial charge in [-0.05, 0) is 30.2 Å². The van der Waals surface area contributed by atoms with Crippen LogP contribution in [-0.4, -0.2) is 39.1 Å². The zero-order valence-electron chi connectivity index (χ0n) is 14.8. The number of halogens is 3. The zero-order chi connectivity index (χ0) is 19.9. The lowest BCUT2D eigenvalue weighted by Gasteiger charge is -2.10. The molecule has 27 heavy (non-hydrogen) atoms. The lowest BCUT2D eigenvalue weighted by atomic mass is 10.1. The number of hydrogen-bond donors (Lipinski definition) is 1. The summed E-state index contributed by atoms with van der Waals surface area (Å²) >= 11 is 0. The first kappa shape index (κ1) is 20.3. The molecule has 2 aromatic carbocycles. The molecule has 0 aromatic heterocycles. The van der Waals surface area contributed by atoms with E-state index in [2.05, 4.69) is 4.99 Å². The maximum absolute atomic E-state index is 12.4. The fraction of sp³-hybridized carbons (Fsp3) is 0.263. The number of amides is 1. The Balaban J connectivity index is 2.02. The van der Waals surface area contributed by atoms with Crippen LogP contribution in [0.2, 0.25) is 0 Å². The number of anilines is 1. The Morgan fingerprint density at radius 2 is 1.81 bits per heavy atom. The molecule has 1 amide bonds. The van der Waals surface area contributed by atoms with Crippen LogP contribution in [0.15, 0.2) is 47.5 Å². The van der Waals surface area contributed by atoms with Gasteiger partial charge in [-0.2, -0.15) is 13.2 Å². The molecule has 0 heterocycles. The molecule has 0 radical (unpaired) electrons. The van der Waals surface area contributed by atoms with Gasteiger partial charge in [0.05, 0.1) is 14.2 Å². The van der Waals surface area contributed by atoms with Gasteiger partial charge in [0.1, 0.15) is 0 Å². The molecule has 5 nitrogen and oxygen atoms in total. The standard InChI is InChI=1S/C19H19F3N2O3/c1-26-16-8-7-13(11-17(16)27-2)9-10-23-12-14-5-3-4-6-15(14)24-18(25)19(20,21)22/h3-8,11-12H,9-10H2,1-2H3,(H,24,25). The van der Waals surface area contributed by atoms with Crippen LogP contribution in [-0.2, 0) is 11.2 Å². The van der Waals surface area contributed by atoms with E-state index in [0.717, 1.165) is 5.56 Å². The molecular weight excluding hydrogens is 361 g/mol. The minimum atomic E-state index is -4.95. The molecule has 0 aliphatic heterocycles. The summed E-state index contributed by atoms with van der Waals surface area (Å²) in [6, 6.07) is 11.7. The summed E-state index contributed by atoms with van der Waals surface area (Å²) in [5.74, 6) is -0.785. The van der Waals surface area contributed by atoms with Crippen molar-refractivity contribution in [3.63, 3.8) is 0 Å². The highest BCUT2D eigenvalue weighted by atomic mass is 19.4. The van der Waals surface area contributed by atoms with E-state index >= 15 is 0 Å². The summed E-state index contributed by atoms with van der Waals surface area (Å²) in [6.07, 6.45) is -2.90. The van der Waals surface area contributed by atoms with Crippen molar-refractivity contribution in [2.45, 2.75) is 12.6 Å². The first-order valence-corrected chi connectivity index (χ1v) is 8.03. The number of ether oxygens (including phenoxy) is 2. The molecule has 0 fully saturated rings. The Bertz CT molecular complexity index is 820. The summed E-state index contributed by atoms with van der Waals surface area (Å²) in [6.45, 7) is 0.414. The van der Waals surface area contributed by atoms with Crippen molar-refractivity contribution in [3.8, 4) is 11.5 Å². The maximum atomic E-state index is 12.4. The van der Waals surface area contributed by atoms with Crippen molar-refractivity contribution in [3.05, 3.63) is 53.6 Å². The Morgan fingerprint density at radius 3 is 2.48 bits per heavy atom. The third-order valence-corrected chi connectivity index (χ3v) is 3.67. The lowest BCUT2D eigenvalue weighted by molar-refractivity contribution is -0.167. The van der Waals surface area contributed by atoms with Crippen molar-refractivity contribution < 1.29 is 27.4 Å². The van der Waals surface area contributed by atoms with Crippen molar-refractivity contribution >= 4 is 17.8 Å². The van der Waals surface area contributed by atoms with Gasteiger partial charge >= 0.3 is 12.1 Å². The Morgan fingerprint density at radius 1 is 1.11 bits per heavy atom. The monoisotopic (exact) mass is 380 g/mol. The SMILES string of the molecule is COc1ccc(CCN=Cc2ccccc2NC(=O)C(F)(F)F)cc1OC. The molecule has 0 aliphatic carbocycles. The third kappa shape index (κ3) is 5.73. The van der Waals surface area contributed by atoms with Crippen LogP contribution in [0.4, 0.5) is 18.9 Å². The number of hydrogen-bond acceptors (Lipinski definition) is 4. The molecular formula is C19H19F3N2O3. The highest BCUT2D eigenvalue weighted by molar-refractivity contribution is 5.99. The number of alkyl halides is 3. The summed E-state index contributed by atoms with van der Waals surface area (Å²) < 4.78 is 47.6. The largest absolute Gasteiger partial charge is 0.493 e. The van der Waals surface area contributed by atoms with Gasteiger partial charge in [-0.25, -0.2) is 0 Å². The summed E-state index contributed by atoms with van der Waals surface area (Å²) in [5, 5.41) is 1.85. The van der Waals surface area contributed by atoms with Crippen LogP contribution in [0.3, 0.4) is 0 Å². The minimum Gasteiger partial charge on any atom is -0.493 e. The fourth-order valence-corrected chi connectivity index (χ4v) is 2.31. The highest BCUT2D eigenvalue weighted by Gasteiger charge is 2.38. The molecule has 0 spiro atoms. The average molecular weight is 380 g/mol. The average Bonchev–Trinajstić information content (AvgIpc) is 2.65. The molecule has 0 saturated carbocycles. The molecule has 0 bridgehead atoms. The second kappa shape index (κ2) is 9.07. The molecule has 1 N–H and O–H groups in total. The number of nitrogens with one attached hydrogen (secondary N) is 1. The van der Waals surface area contributed by atoms with Gasteiger partial charge in [0.15, 0.2) is 11.5 Å². The molecule has 0 aliphatic rings. The van der Waals surface area contributed by atoms with E-state index in [1.165, 1.54) is 18.3 Å². The summed E-state index contributed by atoms with van der Waals surface area (Å²) in [7, 11) is 3.10. The van der Waals surface area contributed by atoms with Gasteiger partial charge in [-0.3, -0.25) is 9.79 Å². The first-order chi connectivity index (χ1) is 12.8. The van der Waals surface area contributed by atoms with E-state index < -0.39 is 12.1 Å². The zero-order valence-corrected chi connectivity index (χ0v) is 14.8. The van der Waals surface area contributed by atoms with Crippen molar-refractivity contribution in [1.29, 1.82) is 0 Å². The predicted octanol–water partition coefficient (Wildman–Crippen LogP) is 3.87. The smallest absolute Gasteiger partial charge is 0.471 e. The third-order valence-electron chi connectivity index (χ3n) is 3.67. The van der Waals surface area contributed by atoms with E-state index in [-0.39, 0.29) is 5.69 Å². The van der Waals surface area contributed by atoms with E-state index in [1.807, 2.05) is 17.4 Å². The van der Waals surface area contributed by atoms with Gasteiger partial charge in [-0.15, -0.1) is 0 Å². The molecule has 0 saturated heterocycles.